The van der Waals surface area contributed by atoms with E-state index in [2.05, 4.69) is 37.6 Å². The first-order chi connectivity index (χ1) is 24.4. The number of carbonyl (C=O) groups excluding carboxylic acids is 2. The number of alkyl halides is 3. The van der Waals surface area contributed by atoms with Gasteiger partial charge in [0.05, 0.1) is 22.3 Å². The lowest BCUT2D eigenvalue weighted by Gasteiger charge is -2.42. The van der Waals surface area contributed by atoms with Crippen LogP contribution in [0.25, 0.3) is 11.4 Å². The molecule has 4 heterocycles. The molecule has 3 saturated heterocycles. The van der Waals surface area contributed by atoms with Gasteiger partial charge in [0.15, 0.2) is 5.82 Å². The van der Waals surface area contributed by atoms with Gasteiger partial charge in [-0.1, -0.05) is 41.9 Å². The van der Waals surface area contributed by atoms with Gasteiger partial charge in [-0.15, -0.1) is 5.10 Å². The fourth-order valence-electron chi connectivity index (χ4n) is 7.42. The highest BCUT2D eigenvalue weighted by Crippen LogP contribution is 2.39. The standard InChI is InChI=1S/C35H45ClF3N9O3/c1-40-30-27(35(37,38)39)20-23(21-28(30)36)22-29(32(49)46-12-8-25(9-13-46)45-18-16-44(2)17-19-45)41-33(50)47-14-10-26(11-15-47)48-34(51)42-31(43-48)24-6-4-3-5-7-24/h3-7,20-21,25-26,29,40H,8-19,22H2,1-2H3,(H,41,50)(H,42,43,51)/t29-/m1/s1. The summed E-state index contributed by atoms with van der Waals surface area (Å²) < 4.78 is 43.5. The summed E-state index contributed by atoms with van der Waals surface area (Å²) in [6.07, 6.45) is -2.38. The first kappa shape index (κ1) is 36.7. The van der Waals surface area contributed by atoms with Gasteiger partial charge in [0.25, 0.3) is 0 Å². The molecular formula is C35H45ClF3N9O3. The Morgan fingerprint density at radius 3 is 2.20 bits per heavy atom. The predicted octanol–water partition coefficient (Wildman–Crippen LogP) is 4.15. The summed E-state index contributed by atoms with van der Waals surface area (Å²) >= 11 is 6.30. The van der Waals surface area contributed by atoms with Crippen LogP contribution in [0.1, 0.15) is 42.9 Å². The van der Waals surface area contributed by atoms with Crippen molar-refractivity contribution < 1.29 is 22.8 Å². The Labute approximate surface area is 299 Å². The molecule has 2 aromatic carbocycles. The van der Waals surface area contributed by atoms with Gasteiger partial charge in [0.1, 0.15) is 6.04 Å². The van der Waals surface area contributed by atoms with E-state index < -0.39 is 23.8 Å². The maximum absolute atomic E-state index is 14.1. The average molecular weight is 732 g/mol. The lowest BCUT2D eigenvalue weighted by molar-refractivity contribution is -0.137. The molecule has 3 aliphatic heterocycles. The maximum Gasteiger partial charge on any atom is 0.418 e. The Bertz CT molecular complexity index is 1730. The lowest BCUT2D eigenvalue weighted by atomic mass is 9.98. The van der Waals surface area contributed by atoms with Crippen LogP contribution in [0.4, 0.5) is 23.7 Å². The number of carbonyl (C=O) groups is 2. The number of aromatic amines is 1. The summed E-state index contributed by atoms with van der Waals surface area (Å²) in [4.78, 5) is 51.4. The van der Waals surface area contributed by atoms with E-state index in [0.717, 1.165) is 50.7 Å². The first-order valence-electron chi connectivity index (χ1n) is 17.5. The number of hydrogen-bond donors (Lipinski definition) is 3. The zero-order valence-corrected chi connectivity index (χ0v) is 29.6. The van der Waals surface area contributed by atoms with E-state index >= 15 is 0 Å². The smallest absolute Gasteiger partial charge is 0.386 e. The Kier molecular flexibility index (Phi) is 11.3. The van der Waals surface area contributed by atoms with Crippen molar-refractivity contribution in [2.24, 2.45) is 0 Å². The molecule has 0 spiro atoms. The molecule has 16 heteroatoms. The number of rotatable bonds is 8. The molecule has 276 valence electrons. The van der Waals surface area contributed by atoms with Crippen molar-refractivity contribution in [2.45, 2.75) is 56.4 Å². The molecule has 12 nitrogen and oxygen atoms in total. The van der Waals surface area contributed by atoms with E-state index in [1.165, 1.54) is 17.8 Å². The van der Waals surface area contributed by atoms with Crippen LogP contribution in [0.5, 0.6) is 0 Å². The van der Waals surface area contributed by atoms with Gasteiger partial charge >= 0.3 is 17.9 Å². The van der Waals surface area contributed by atoms with Crippen molar-refractivity contribution in [1.82, 2.24) is 39.7 Å². The van der Waals surface area contributed by atoms with Crippen molar-refractivity contribution in [3.05, 3.63) is 69.1 Å². The first-order valence-corrected chi connectivity index (χ1v) is 17.9. The van der Waals surface area contributed by atoms with Crippen molar-refractivity contribution in [2.75, 3.05) is 71.8 Å². The third-order valence-electron chi connectivity index (χ3n) is 10.4. The molecule has 0 bridgehead atoms. The molecule has 0 radical (unpaired) electrons. The number of anilines is 1. The molecule has 3 amide bonds. The van der Waals surface area contributed by atoms with Gasteiger partial charge < -0.3 is 25.3 Å². The number of amides is 3. The van der Waals surface area contributed by atoms with Crippen LogP contribution in [0, 0.1) is 0 Å². The van der Waals surface area contributed by atoms with Crippen LogP contribution in [-0.2, 0) is 17.4 Å². The molecule has 1 atom stereocenters. The van der Waals surface area contributed by atoms with Crippen LogP contribution >= 0.6 is 11.6 Å². The highest BCUT2D eigenvalue weighted by Gasteiger charge is 2.37. The number of halogens is 4. The summed E-state index contributed by atoms with van der Waals surface area (Å²) in [7, 11) is 3.47. The minimum absolute atomic E-state index is 0.126. The van der Waals surface area contributed by atoms with Crippen LogP contribution in [-0.4, -0.2) is 125 Å². The van der Waals surface area contributed by atoms with Crippen molar-refractivity contribution in [3.8, 4) is 11.4 Å². The monoisotopic (exact) mass is 731 g/mol. The molecule has 0 saturated carbocycles. The highest BCUT2D eigenvalue weighted by atomic mass is 35.5. The summed E-state index contributed by atoms with van der Waals surface area (Å²) in [6, 6.07) is 10.2. The largest absolute Gasteiger partial charge is 0.418 e. The normalized spacial score (nSPS) is 19.3. The van der Waals surface area contributed by atoms with E-state index in [-0.39, 0.29) is 40.3 Å². The van der Waals surface area contributed by atoms with E-state index in [0.29, 0.717) is 50.9 Å². The second kappa shape index (κ2) is 15.7. The predicted molar refractivity (Wildman–Crippen MR) is 189 cm³/mol. The topological polar surface area (TPSA) is 122 Å². The van der Waals surface area contributed by atoms with Crippen molar-refractivity contribution in [3.63, 3.8) is 0 Å². The highest BCUT2D eigenvalue weighted by molar-refractivity contribution is 6.33. The summed E-state index contributed by atoms with van der Waals surface area (Å²) in [5.41, 5.74) is -0.554. The number of benzene rings is 2. The molecule has 3 fully saturated rings. The molecule has 1 aromatic heterocycles. The SMILES string of the molecule is CNc1c(Cl)cc(C[C@@H](NC(=O)N2CCC(n3nc(-c4ccccc4)[nH]c3=O)CC2)C(=O)N2CCC(N3CCN(C)CC3)CC2)cc1C(F)(F)F. The third-order valence-corrected chi connectivity index (χ3v) is 10.7. The lowest BCUT2D eigenvalue weighted by Crippen LogP contribution is -2.57. The van der Waals surface area contributed by atoms with Crippen LogP contribution in [0.2, 0.25) is 5.02 Å². The molecule has 0 aliphatic carbocycles. The van der Waals surface area contributed by atoms with E-state index in [4.69, 9.17) is 11.6 Å². The molecule has 3 N–H and O–H groups in total. The number of hydrogen-bond acceptors (Lipinski definition) is 7. The Balaban J connectivity index is 1.15. The molecule has 3 aromatic rings. The number of nitrogens with zero attached hydrogens (tertiary/aromatic N) is 6. The second-order valence-electron chi connectivity index (χ2n) is 13.7. The fraction of sp³-hybridized carbons (Fsp3) is 0.543. The molecule has 6 rings (SSSR count). The zero-order chi connectivity index (χ0) is 36.3. The average Bonchev–Trinajstić information content (AvgIpc) is 3.52. The maximum atomic E-state index is 14.1. The van der Waals surface area contributed by atoms with Gasteiger partial charge in [-0.05, 0) is 50.4 Å². The molecular weight excluding hydrogens is 687 g/mol. The Hall–Kier alpha value is -4.08. The van der Waals surface area contributed by atoms with Gasteiger partial charge in [0, 0.05) is 77.4 Å². The second-order valence-corrected chi connectivity index (χ2v) is 14.1. The molecule has 51 heavy (non-hydrogen) atoms. The number of aromatic nitrogens is 3. The van der Waals surface area contributed by atoms with Crippen molar-refractivity contribution >= 4 is 29.2 Å². The number of likely N-dealkylation sites (tertiary alicyclic amines) is 2. The number of piperidine rings is 2. The number of H-pyrrole nitrogens is 1. The van der Waals surface area contributed by atoms with Gasteiger partial charge in [0.2, 0.25) is 5.91 Å². The minimum Gasteiger partial charge on any atom is -0.386 e. The summed E-state index contributed by atoms with van der Waals surface area (Å²) in [5, 5.41) is 9.76. The Morgan fingerprint density at radius 1 is 0.941 bits per heavy atom. The molecule has 3 aliphatic rings. The van der Waals surface area contributed by atoms with Crippen LogP contribution in [0.15, 0.2) is 47.3 Å². The number of piperazine rings is 1. The number of urea groups is 1. The van der Waals surface area contributed by atoms with Gasteiger partial charge in [-0.25, -0.2) is 14.3 Å². The minimum atomic E-state index is -4.69. The summed E-state index contributed by atoms with van der Waals surface area (Å²) in [5.74, 6) is 0.125. The molecule has 0 unspecified atom stereocenters. The Morgan fingerprint density at radius 2 is 1.57 bits per heavy atom. The summed E-state index contributed by atoms with van der Waals surface area (Å²) in [6.45, 7) is 5.51. The fourth-order valence-corrected chi connectivity index (χ4v) is 7.75. The van der Waals surface area contributed by atoms with Gasteiger partial charge in [-0.2, -0.15) is 13.2 Å². The van der Waals surface area contributed by atoms with E-state index in [1.807, 2.05) is 30.3 Å². The number of likely N-dealkylation sites (N-methyl/N-ethyl adjacent to an activating group) is 1. The van der Waals surface area contributed by atoms with Gasteiger partial charge in [-0.3, -0.25) is 14.7 Å². The van der Waals surface area contributed by atoms with E-state index in [1.54, 1.807) is 9.80 Å². The van der Waals surface area contributed by atoms with Crippen molar-refractivity contribution in [1.29, 1.82) is 0 Å². The zero-order valence-electron chi connectivity index (χ0n) is 28.9. The van der Waals surface area contributed by atoms with Crippen LogP contribution < -0.4 is 16.3 Å². The third kappa shape index (κ3) is 8.53. The van der Waals surface area contributed by atoms with Crippen LogP contribution in [0.3, 0.4) is 0 Å². The quantitative estimate of drug-likeness (QED) is 0.319. The van der Waals surface area contributed by atoms with E-state index in [9.17, 15) is 27.6 Å². The number of nitrogens with one attached hydrogen (secondary N) is 3.